The molecule has 1 aromatic rings. The molecule has 4 nitrogen and oxygen atoms in total. The molecule has 4 heteroatoms. The van der Waals surface area contributed by atoms with Crippen molar-refractivity contribution in [3.63, 3.8) is 0 Å². The van der Waals surface area contributed by atoms with Crippen LogP contribution in [0.2, 0.25) is 0 Å². The molecule has 0 aliphatic rings. The van der Waals surface area contributed by atoms with Crippen LogP contribution in [-0.2, 0) is 0 Å². The van der Waals surface area contributed by atoms with Crippen LogP contribution in [0.3, 0.4) is 0 Å². The highest BCUT2D eigenvalue weighted by Crippen LogP contribution is 2.01. The summed E-state index contributed by atoms with van der Waals surface area (Å²) < 4.78 is 0. The van der Waals surface area contributed by atoms with Gasteiger partial charge in [-0.3, -0.25) is 0 Å². The van der Waals surface area contributed by atoms with Gasteiger partial charge in [-0.05, 0) is 26.0 Å². The number of nitrogens with zero attached hydrogens (tertiary/aromatic N) is 1. The van der Waals surface area contributed by atoms with Crippen LogP contribution in [0.5, 0.6) is 0 Å². The van der Waals surface area contributed by atoms with E-state index in [1.807, 2.05) is 25.1 Å². The summed E-state index contributed by atoms with van der Waals surface area (Å²) in [5, 5.41) is 8.88. The number of aromatic nitrogens is 1. The normalized spacial score (nSPS) is 12.6. The van der Waals surface area contributed by atoms with Gasteiger partial charge in [0.25, 0.3) is 0 Å². The Morgan fingerprint density at radius 1 is 1.50 bits per heavy atom. The van der Waals surface area contributed by atoms with Crippen molar-refractivity contribution in [3.8, 4) is 0 Å². The van der Waals surface area contributed by atoms with Gasteiger partial charge in [0.2, 0.25) is 0 Å². The van der Waals surface area contributed by atoms with Gasteiger partial charge in [-0.25, -0.2) is 10.4 Å². The van der Waals surface area contributed by atoms with Gasteiger partial charge < -0.3 is 10.5 Å². The monoisotopic (exact) mass is 167 g/mol. The molecule has 1 heterocycles. The molecule has 12 heavy (non-hydrogen) atoms. The number of hydrogen-bond acceptors (Lipinski definition) is 4. The van der Waals surface area contributed by atoms with E-state index in [1.54, 1.807) is 6.92 Å². The van der Waals surface area contributed by atoms with Gasteiger partial charge in [0.15, 0.2) is 0 Å². The molecule has 0 bridgehead atoms. The van der Waals surface area contributed by atoms with Crippen molar-refractivity contribution in [2.24, 2.45) is 0 Å². The Bertz CT molecular complexity index is 250. The van der Waals surface area contributed by atoms with Crippen LogP contribution in [0.1, 0.15) is 12.6 Å². The molecule has 3 N–H and O–H groups in total. The summed E-state index contributed by atoms with van der Waals surface area (Å²) in [5.41, 5.74) is 6.34. The van der Waals surface area contributed by atoms with E-state index in [4.69, 9.17) is 5.11 Å². The number of anilines is 1. The number of hydrogen-bond donors (Lipinski definition) is 3. The molecule has 0 aliphatic carbocycles. The van der Waals surface area contributed by atoms with E-state index in [1.165, 1.54) is 0 Å². The van der Waals surface area contributed by atoms with Gasteiger partial charge in [0.1, 0.15) is 12.0 Å². The molecule has 0 aromatic carbocycles. The molecule has 0 fully saturated rings. The Kier molecular flexibility index (Phi) is 3.01. The fraction of sp³-hybridized carbons (Fsp3) is 0.375. The van der Waals surface area contributed by atoms with E-state index in [-0.39, 0.29) is 0 Å². The molecule has 0 aliphatic heterocycles. The minimum atomic E-state index is -0.590. The number of aliphatic hydroxyl groups excluding tert-OH is 1. The average molecular weight is 167 g/mol. The zero-order valence-electron chi connectivity index (χ0n) is 7.20. The van der Waals surface area contributed by atoms with Crippen LogP contribution in [0.15, 0.2) is 18.2 Å². The van der Waals surface area contributed by atoms with Crippen molar-refractivity contribution in [3.05, 3.63) is 23.9 Å². The van der Waals surface area contributed by atoms with E-state index in [0.717, 1.165) is 5.69 Å². The maximum Gasteiger partial charge on any atom is 0.140 e. The highest BCUT2D eigenvalue weighted by molar-refractivity contribution is 5.33. The minimum Gasteiger partial charge on any atom is -0.377 e. The van der Waals surface area contributed by atoms with Crippen molar-refractivity contribution in [1.82, 2.24) is 10.4 Å². The first kappa shape index (κ1) is 8.96. The fourth-order valence-corrected chi connectivity index (χ4v) is 0.791. The highest BCUT2D eigenvalue weighted by atomic mass is 16.3. The summed E-state index contributed by atoms with van der Waals surface area (Å²) in [5.74, 6) is 0.705. The van der Waals surface area contributed by atoms with Gasteiger partial charge in [-0.15, -0.1) is 0 Å². The number of aryl methyl sites for hydroxylation is 1. The first-order valence-corrected chi connectivity index (χ1v) is 3.82. The van der Waals surface area contributed by atoms with Crippen LogP contribution in [0, 0.1) is 6.92 Å². The van der Waals surface area contributed by atoms with E-state index >= 15 is 0 Å². The van der Waals surface area contributed by atoms with Gasteiger partial charge in [0.05, 0.1) is 0 Å². The topological polar surface area (TPSA) is 57.2 Å². The Balaban J connectivity index is 2.52. The molecule has 0 spiro atoms. The zero-order chi connectivity index (χ0) is 8.97. The summed E-state index contributed by atoms with van der Waals surface area (Å²) in [6.45, 7) is 3.54. The van der Waals surface area contributed by atoms with E-state index in [9.17, 15) is 0 Å². The third-order valence-electron chi connectivity index (χ3n) is 1.30. The number of pyridine rings is 1. The van der Waals surface area contributed by atoms with Crippen LogP contribution in [0.25, 0.3) is 0 Å². The Morgan fingerprint density at radius 3 is 2.83 bits per heavy atom. The van der Waals surface area contributed by atoms with Crippen molar-refractivity contribution in [1.29, 1.82) is 0 Å². The van der Waals surface area contributed by atoms with Crippen LogP contribution >= 0.6 is 0 Å². The third kappa shape index (κ3) is 2.86. The van der Waals surface area contributed by atoms with E-state index in [2.05, 4.69) is 15.8 Å². The number of rotatable bonds is 3. The van der Waals surface area contributed by atoms with Crippen molar-refractivity contribution in [2.45, 2.75) is 20.1 Å². The summed E-state index contributed by atoms with van der Waals surface area (Å²) in [6.07, 6.45) is -0.590. The lowest BCUT2D eigenvalue weighted by molar-refractivity contribution is 0.166. The summed E-state index contributed by atoms with van der Waals surface area (Å²) >= 11 is 0. The molecule has 0 saturated heterocycles. The summed E-state index contributed by atoms with van der Waals surface area (Å²) in [4.78, 5) is 4.16. The SMILES string of the molecule is Cc1cccc(NNC(C)O)n1. The predicted molar refractivity (Wildman–Crippen MR) is 47.4 cm³/mol. The Morgan fingerprint density at radius 2 is 2.25 bits per heavy atom. The molecule has 1 aromatic heterocycles. The largest absolute Gasteiger partial charge is 0.377 e. The van der Waals surface area contributed by atoms with Crippen molar-refractivity contribution < 1.29 is 5.11 Å². The van der Waals surface area contributed by atoms with Gasteiger partial charge in [-0.1, -0.05) is 6.07 Å². The van der Waals surface area contributed by atoms with Gasteiger partial charge in [-0.2, -0.15) is 0 Å². The number of nitrogens with one attached hydrogen (secondary N) is 2. The maximum atomic E-state index is 8.88. The Labute approximate surface area is 71.6 Å². The fourth-order valence-electron chi connectivity index (χ4n) is 0.791. The zero-order valence-corrected chi connectivity index (χ0v) is 7.20. The lowest BCUT2D eigenvalue weighted by atomic mass is 10.4. The summed E-state index contributed by atoms with van der Waals surface area (Å²) in [6, 6.07) is 5.63. The predicted octanol–water partition coefficient (Wildman–Crippen LogP) is 0.645. The van der Waals surface area contributed by atoms with Crippen LogP contribution in [0.4, 0.5) is 5.82 Å². The van der Waals surface area contributed by atoms with Crippen molar-refractivity contribution >= 4 is 5.82 Å². The molecule has 1 rings (SSSR count). The van der Waals surface area contributed by atoms with E-state index in [0.29, 0.717) is 5.82 Å². The molecular weight excluding hydrogens is 154 g/mol. The lowest BCUT2D eigenvalue weighted by Gasteiger charge is -2.09. The number of hydrazine groups is 1. The maximum absolute atomic E-state index is 8.88. The van der Waals surface area contributed by atoms with Gasteiger partial charge >= 0.3 is 0 Å². The highest BCUT2D eigenvalue weighted by Gasteiger charge is 1.94. The molecular formula is C8H13N3O. The van der Waals surface area contributed by atoms with E-state index < -0.39 is 6.23 Å². The average Bonchev–Trinajstić information content (AvgIpc) is 2.01. The second-order valence-electron chi connectivity index (χ2n) is 2.61. The molecule has 0 saturated carbocycles. The number of aliphatic hydroxyl groups is 1. The second kappa shape index (κ2) is 4.04. The Hall–Kier alpha value is -1.13. The smallest absolute Gasteiger partial charge is 0.140 e. The first-order chi connectivity index (χ1) is 5.68. The molecule has 1 unspecified atom stereocenters. The first-order valence-electron chi connectivity index (χ1n) is 3.82. The molecule has 0 amide bonds. The molecule has 0 radical (unpaired) electrons. The lowest BCUT2D eigenvalue weighted by Crippen LogP contribution is -2.31. The quantitative estimate of drug-likeness (QED) is 0.457. The third-order valence-corrected chi connectivity index (χ3v) is 1.30. The van der Waals surface area contributed by atoms with Crippen molar-refractivity contribution in [2.75, 3.05) is 5.43 Å². The molecule has 66 valence electrons. The molecule has 1 atom stereocenters. The minimum absolute atomic E-state index is 0.590. The standard InChI is InChI=1S/C8H13N3O/c1-6-4-3-5-8(9-6)11-10-7(2)12/h3-5,7,10,12H,1-2H3,(H,9,11). The van der Waals surface area contributed by atoms with Crippen LogP contribution in [-0.4, -0.2) is 16.3 Å². The van der Waals surface area contributed by atoms with Crippen LogP contribution < -0.4 is 10.9 Å². The van der Waals surface area contributed by atoms with Gasteiger partial charge in [0, 0.05) is 5.69 Å². The second-order valence-corrected chi connectivity index (χ2v) is 2.61. The summed E-state index contributed by atoms with van der Waals surface area (Å²) in [7, 11) is 0.